The molecular formula is C11H14BrN3O2. The summed E-state index contributed by atoms with van der Waals surface area (Å²) in [4.78, 5) is 20.6. The average molecular weight is 300 g/mol. The SMILES string of the molecule is Br.CN(C)CCc1ccc(O)c2c1=NC(=O)N=2. The van der Waals surface area contributed by atoms with Crippen molar-refractivity contribution in [2.24, 2.45) is 9.98 Å². The van der Waals surface area contributed by atoms with E-state index in [0.29, 0.717) is 10.7 Å². The maximum Gasteiger partial charge on any atom is 0.368 e. The van der Waals surface area contributed by atoms with Gasteiger partial charge in [-0.1, -0.05) is 6.07 Å². The van der Waals surface area contributed by atoms with Crippen molar-refractivity contribution in [1.29, 1.82) is 0 Å². The highest BCUT2D eigenvalue weighted by Gasteiger charge is 2.12. The molecule has 17 heavy (non-hydrogen) atoms. The molecule has 5 nitrogen and oxygen atoms in total. The molecule has 0 unspecified atom stereocenters. The van der Waals surface area contributed by atoms with Crippen LogP contribution in [0.1, 0.15) is 5.56 Å². The monoisotopic (exact) mass is 299 g/mol. The lowest BCUT2D eigenvalue weighted by Gasteiger charge is -2.08. The predicted molar refractivity (Wildman–Crippen MR) is 68.4 cm³/mol. The van der Waals surface area contributed by atoms with Gasteiger partial charge in [-0.2, -0.15) is 9.98 Å². The lowest BCUT2D eigenvalue weighted by Crippen LogP contribution is -2.28. The Kier molecular flexibility index (Phi) is 4.36. The van der Waals surface area contributed by atoms with E-state index >= 15 is 0 Å². The fourth-order valence-electron chi connectivity index (χ4n) is 1.61. The van der Waals surface area contributed by atoms with Crippen molar-refractivity contribution in [2.45, 2.75) is 6.42 Å². The molecule has 0 fully saturated rings. The quantitative estimate of drug-likeness (QED) is 0.881. The summed E-state index contributed by atoms with van der Waals surface area (Å²) < 4.78 is 0. The number of rotatable bonds is 3. The normalized spacial score (nSPS) is 12.8. The minimum absolute atomic E-state index is 0. The molecule has 1 N–H and O–H groups in total. The van der Waals surface area contributed by atoms with E-state index in [1.807, 2.05) is 19.0 Å². The number of hydrogen-bond donors (Lipinski definition) is 1. The van der Waals surface area contributed by atoms with Crippen LogP contribution in [-0.4, -0.2) is 36.7 Å². The topological polar surface area (TPSA) is 65.3 Å². The van der Waals surface area contributed by atoms with Crippen molar-refractivity contribution in [3.63, 3.8) is 0 Å². The van der Waals surface area contributed by atoms with Gasteiger partial charge in [0.15, 0.2) is 0 Å². The van der Waals surface area contributed by atoms with Crippen LogP contribution in [0.25, 0.3) is 0 Å². The summed E-state index contributed by atoms with van der Waals surface area (Å²) in [5, 5.41) is 10.4. The van der Waals surface area contributed by atoms with E-state index in [2.05, 4.69) is 9.98 Å². The summed E-state index contributed by atoms with van der Waals surface area (Å²) in [6.07, 6.45) is 0.780. The molecule has 1 aromatic carbocycles. The number of fused-ring (bicyclic) bond motifs is 1. The highest BCUT2D eigenvalue weighted by Crippen LogP contribution is 2.03. The molecule has 0 aliphatic carbocycles. The van der Waals surface area contributed by atoms with Crippen LogP contribution in [-0.2, 0) is 6.42 Å². The number of benzene rings is 1. The highest BCUT2D eigenvalue weighted by atomic mass is 79.9. The second kappa shape index (κ2) is 5.37. The Balaban J connectivity index is 0.00000144. The van der Waals surface area contributed by atoms with E-state index in [4.69, 9.17) is 0 Å². The number of urea groups is 1. The van der Waals surface area contributed by atoms with Gasteiger partial charge in [0.05, 0.1) is 0 Å². The van der Waals surface area contributed by atoms with Gasteiger partial charge >= 0.3 is 6.03 Å². The molecule has 0 atom stereocenters. The van der Waals surface area contributed by atoms with Gasteiger partial charge in [0.1, 0.15) is 16.5 Å². The third-order valence-electron chi connectivity index (χ3n) is 2.46. The van der Waals surface area contributed by atoms with Crippen LogP contribution < -0.4 is 10.7 Å². The largest absolute Gasteiger partial charge is 0.506 e. The molecule has 6 heteroatoms. The summed E-state index contributed by atoms with van der Waals surface area (Å²) in [5.74, 6) is 0.0122. The molecule has 0 radical (unpaired) electrons. The first-order valence-corrected chi connectivity index (χ1v) is 5.05. The summed E-state index contributed by atoms with van der Waals surface area (Å²) in [6.45, 7) is 0.862. The van der Waals surface area contributed by atoms with Crippen LogP contribution in [0.4, 0.5) is 4.79 Å². The minimum atomic E-state index is -0.539. The van der Waals surface area contributed by atoms with E-state index < -0.39 is 6.03 Å². The van der Waals surface area contributed by atoms with Crippen LogP contribution in [0.5, 0.6) is 5.75 Å². The summed E-state index contributed by atoms with van der Waals surface area (Å²) >= 11 is 0. The molecule has 2 amide bonds. The Morgan fingerprint density at radius 1 is 1.24 bits per heavy atom. The van der Waals surface area contributed by atoms with Crippen LogP contribution in [0.15, 0.2) is 22.1 Å². The molecule has 1 heterocycles. The number of phenols is 1. The second-order valence-corrected chi connectivity index (χ2v) is 4.00. The van der Waals surface area contributed by atoms with E-state index in [1.54, 1.807) is 12.1 Å². The number of amides is 2. The van der Waals surface area contributed by atoms with Crippen molar-refractivity contribution in [2.75, 3.05) is 20.6 Å². The molecule has 0 aromatic heterocycles. The first-order valence-electron chi connectivity index (χ1n) is 5.05. The number of phenolic OH excluding ortho intramolecular Hbond substituents is 1. The number of halogens is 1. The molecule has 1 aliphatic heterocycles. The third-order valence-corrected chi connectivity index (χ3v) is 2.46. The van der Waals surface area contributed by atoms with Gasteiger partial charge in [0, 0.05) is 6.54 Å². The number of hydrogen-bond acceptors (Lipinski definition) is 3. The maximum atomic E-state index is 11.1. The number of aromatic hydroxyl groups is 1. The zero-order chi connectivity index (χ0) is 11.7. The van der Waals surface area contributed by atoms with Crippen molar-refractivity contribution >= 4 is 23.0 Å². The number of carbonyl (C=O) groups is 1. The van der Waals surface area contributed by atoms with Crippen molar-refractivity contribution in [3.8, 4) is 5.75 Å². The lowest BCUT2D eigenvalue weighted by molar-refractivity contribution is 0.256. The second-order valence-electron chi connectivity index (χ2n) is 4.00. The van der Waals surface area contributed by atoms with E-state index in [-0.39, 0.29) is 22.7 Å². The Hall–Kier alpha value is -1.27. The molecular weight excluding hydrogens is 286 g/mol. The predicted octanol–water partition coefficient (Wildman–Crippen LogP) is 0.447. The van der Waals surface area contributed by atoms with E-state index in [9.17, 15) is 9.90 Å². The van der Waals surface area contributed by atoms with E-state index in [1.165, 1.54) is 0 Å². The zero-order valence-corrected chi connectivity index (χ0v) is 11.4. The lowest BCUT2D eigenvalue weighted by atomic mass is 10.1. The smallest absolute Gasteiger partial charge is 0.368 e. The van der Waals surface area contributed by atoms with Gasteiger partial charge < -0.3 is 10.0 Å². The average Bonchev–Trinajstić information content (AvgIpc) is 2.59. The standard InChI is InChI=1S/C11H13N3O2.BrH/c1-14(2)6-5-7-3-4-8(15)10-9(7)12-11(16)13-10;/h3-4,15H,5-6H2,1-2H3;1H. The number of nitrogens with zero attached hydrogens (tertiary/aromatic N) is 3. The van der Waals surface area contributed by atoms with Crippen LogP contribution in [0.2, 0.25) is 0 Å². The van der Waals surface area contributed by atoms with Crippen molar-refractivity contribution in [3.05, 3.63) is 28.4 Å². The van der Waals surface area contributed by atoms with Crippen LogP contribution in [0.3, 0.4) is 0 Å². The third kappa shape index (κ3) is 2.89. The fourth-order valence-corrected chi connectivity index (χ4v) is 1.61. The van der Waals surface area contributed by atoms with Gasteiger partial charge in [-0.15, -0.1) is 17.0 Å². The van der Waals surface area contributed by atoms with Gasteiger partial charge in [-0.05, 0) is 32.1 Å². The van der Waals surface area contributed by atoms with E-state index in [0.717, 1.165) is 18.5 Å². The van der Waals surface area contributed by atoms with Gasteiger partial charge in [0.25, 0.3) is 0 Å². The van der Waals surface area contributed by atoms with Gasteiger partial charge in [0.2, 0.25) is 0 Å². The fraction of sp³-hybridized carbons (Fsp3) is 0.364. The Morgan fingerprint density at radius 2 is 1.88 bits per heavy atom. The Labute approximate surface area is 109 Å². The Bertz CT molecular complexity index is 555. The summed E-state index contributed by atoms with van der Waals surface area (Å²) in [6, 6.07) is 2.80. The first kappa shape index (κ1) is 13.8. The van der Waals surface area contributed by atoms with Crippen molar-refractivity contribution < 1.29 is 9.90 Å². The maximum absolute atomic E-state index is 11.1. The van der Waals surface area contributed by atoms with Crippen LogP contribution >= 0.6 is 17.0 Å². The molecule has 0 saturated carbocycles. The molecule has 1 aliphatic rings. The minimum Gasteiger partial charge on any atom is -0.506 e. The van der Waals surface area contributed by atoms with Gasteiger partial charge in [-0.25, -0.2) is 4.79 Å². The molecule has 0 spiro atoms. The Morgan fingerprint density at radius 3 is 2.53 bits per heavy atom. The summed E-state index contributed by atoms with van der Waals surface area (Å²) in [7, 11) is 3.96. The number of carbonyl (C=O) groups excluding carboxylic acids is 1. The highest BCUT2D eigenvalue weighted by molar-refractivity contribution is 8.93. The molecule has 2 rings (SSSR count). The van der Waals surface area contributed by atoms with Gasteiger partial charge in [-0.3, -0.25) is 0 Å². The first-order chi connectivity index (χ1) is 7.58. The molecule has 0 saturated heterocycles. The van der Waals surface area contributed by atoms with Crippen molar-refractivity contribution in [1.82, 2.24) is 4.90 Å². The molecule has 1 aromatic rings. The zero-order valence-electron chi connectivity index (χ0n) is 9.67. The van der Waals surface area contributed by atoms with Crippen LogP contribution in [0, 0.1) is 0 Å². The molecule has 92 valence electrons. The summed E-state index contributed by atoms with van der Waals surface area (Å²) in [5.41, 5.74) is 0.941. The number of likely N-dealkylation sites (N-methyl/N-ethyl adjacent to an activating group) is 1. The molecule has 0 bridgehead atoms.